The predicted octanol–water partition coefficient (Wildman–Crippen LogP) is 1.71. The van der Waals surface area contributed by atoms with Crippen LogP contribution >= 0.6 is 0 Å². The molecule has 2 rings (SSSR count). The molecular formula is C12H17NO5S. The molecule has 1 saturated heterocycles. The summed E-state index contributed by atoms with van der Waals surface area (Å²) in [5, 5.41) is 8.83. The van der Waals surface area contributed by atoms with Gasteiger partial charge in [0, 0.05) is 19.2 Å². The minimum atomic E-state index is -3.65. The van der Waals surface area contributed by atoms with E-state index in [4.69, 9.17) is 9.52 Å². The third-order valence-corrected chi connectivity index (χ3v) is 5.45. The van der Waals surface area contributed by atoms with Crippen LogP contribution in [-0.2, 0) is 10.0 Å². The van der Waals surface area contributed by atoms with Crippen LogP contribution in [0.1, 0.15) is 36.1 Å². The van der Waals surface area contributed by atoms with Gasteiger partial charge in [0.2, 0.25) is 15.8 Å². The maximum absolute atomic E-state index is 12.4. The Labute approximate surface area is 112 Å². The van der Waals surface area contributed by atoms with Crippen LogP contribution in [0.25, 0.3) is 0 Å². The number of carboxylic acids is 1. The van der Waals surface area contributed by atoms with Crippen LogP contribution in [0.2, 0.25) is 0 Å². The summed E-state index contributed by atoms with van der Waals surface area (Å²) in [5.41, 5.74) is 0. The summed E-state index contributed by atoms with van der Waals surface area (Å²) in [5.74, 6) is -0.972. The Kier molecular flexibility index (Phi) is 3.69. The number of aromatic carboxylic acids is 1. The van der Waals surface area contributed by atoms with E-state index in [0.717, 1.165) is 18.9 Å². The summed E-state index contributed by atoms with van der Waals surface area (Å²) >= 11 is 0. The zero-order valence-electron chi connectivity index (χ0n) is 10.9. The van der Waals surface area contributed by atoms with E-state index >= 15 is 0 Å². The lowest BCUT2D eigenvalue weighted by molar-refractivity contribution is 0.0661. The van der Waals surface area contributed by atoms with E-state index in [1.165, 1.54) is 11.2 Å². The molecule has 0 saturated carbocycles. The van der Waals surface area contributed by atoms with Gasteiger partial charge in [0.1, 0.15) is 10.7 Å². The Morgan fingerprint density at radius 2 is 2.00 bits per heavy atom. The molecule has 6 nitrogen and oxygen atoms in total. The monoisotopic (exact) mass is 287 g/mol. The van der Waals surface area contributed by atoms with Crippen molar-refractivity contribution in [1.82, 2.24) is 4.31 Å². The van der Waals surface area contributed by atoms with Crippen molar-refractivity contribution in [3.63, 3.8) is 0 Å². The van der Waals surface area contributed by atoms with Crippen molar-refractivity contribution in [3.8, 4) is 0 Å². The van der Waals surface area contributed by atoms with Gasteiger partial charge in [-0.1, -0.05) is 6.92 Å². The quantitative estimate of drug-likeness (QED) is 0.914. The highest BCUT2D eigenvalue weighted by molar-refractivity contribution is 7.89. The van der Waals surface area contributed by atoms with E-state index < -0.39 is 16.0 Å². The second-order valence-corrected chi connectivity index (χ2v) is 6.83. The van der Waals surface area contributed by atoms with Gasteiger partial charge < -0.3 is 9.52 Å². The fraction of sp³-hybridized carbons (Fsp3) is 0.583. The number of furan rings is 1. The van der Waals surface area contributed by atoms with Gasteiger partial charge in [0.05, 0.1) is 0 Å². The lowest BCUT2D eigenvalue weighted by atomic mass is 10.0. The first-order chi connectivity index (χ1) is 8.82. The first-order valence-corrected chi connectivity index (χ1v) is 7.60. The molecule has 2 heterocycles. The molecule has 0 radical (unpaired) electrons. The second-order valence-electron chi connectivity index (χ2n) is 4.92. The SMILES string of the molecule is Cc1oc(C(=O)O)cc1S(=O)(=O)N1CCC(C)CC1. The van der Waals surface area contributed by atoms with Crippen LogP contribution < -0.4 is 0 Å². The highest BCUT2D eigenvalue weighted by atomic mass is 32.2. The average Bonchev–Trinajstić information content (AvgIpc) is 2.73. The molecule has 0 aromatic carbocycles. The number of piperidine rings is 1. The van der Waals surface area contributed by atoms with Crippen LogP contribution in [0, 0.1) is 12.8 Å². The van der Waals surface area contributed by atoms with Gasteiger partial charge in [-0.05, 0) is 25.7 Å². The zero-order valence-corrected chi connectivity index (χ0v) is 11.7. The largest absolute Gasteiger partial charge is 0.475 e. The summed E-state index contributed by atoms with van der Waals surface area (Å²) in [6.07, 6.45) is 1.64. The second kappa shape index (κ2) is 4.97. The number of carboxylic acid groups (broad SMARTS) is 1. The number of carbonyl (C=O) groups is 1. The summed E-state index contributed by atoms with van der Waals surface area (Å²) < 4.78 is 31.2. The van der Waals surface area contributed by atoms with Gasteiger partial charge in [0.15, 0.2) is 0 Å². The Balaban J connectivity index is 2.32. The number of hydrogen-bond donors (Lipinski definition) is 1. The number of hydrogen-bond acceptors (Lipinski definition) is 4. The molecule has 1 aliphatic heterocycles. The van der Waals surface area contributed by atoms with Crippen LogP contribution in [0.5, 0.6) is 0 Å². The molecule has 1 aromatic rings. The van der Waals surface area contributed by atoms with Gasteiger partial charge in [-0.2, -0.15) is 4.31 Å². The highest BCUT2D eigenvalue weighted by Crippen LogP contribution is 2.27. The normalized spacial score (nSPS) is 18.6. The number of sulfonamides is 1. The standard InChI is InChI=1S/C12H17NO5S/c1-8-3-5-13(6-4-8)19(16,17)11-7-10(12(14)15)18-9(11)2/h7-8H,3-6H2,1-2H3,(H,14,15). The molecule has 0 spiro atoms. The summed E-state index contributed by atoms with van der Waals surface area (Å²) in [6, 6.07) is 1.09. The first kappa shape index (κ1) is 14.1. The molecule has 106 valence electrons. The topological polar surface area (TPSA) is 87.8 Å². The van der Waals surface area contributed by atoms with E-state index in [0.29, 0.717) is 19.0 Å². The fourth-order valence-corrected chi connectivity index (χ4v) is 3.82. The molecule has 1 aliphatic rings. The Morgan fingerprint density at radius 3 is 2.47 bits per heavy atom. The maximum atomic E-state index is 12.4. The summed E-state index contributed by atoms with van der Waals surface area (Å²) in [6.45, 7) is 4.49. The molecule has 7 heteroatoms. The third kappa shape index (κ3) is 2.66. The van der Waals surface area contributed by atoms with Crippen LogP contribution in [0.3, 0.4) is 0 Å². The maximum Gasteiger partial charge on any atom is 0.371 e. The van der Waals surface area contributed by atoms with Gasteiger partial charge in [-0.25, -0.2) is 13.2 Å². The van der Waals surface area contributed by atoms with Gasteiger partial charge in [-0.15, -0.1) is 0 Å². The molecule has 0 aliphatic carbocycles. The van der Waals surface area contributed by atoms with Crippen LogP contribution in [-0.4, -0.2) is 36.9 Å². The number of nitrogens with zero attached hydrogens (tertiary/aromatic N) is 1. The molecule has 0 amide bonds. The Morgan fingerprint density at radius 1 is 1.42 bits per heavy atom. The van der Waals surface area contributed by atoms with Crippen molar-refractivity contribution in [3.05, 3.63) is 17.6 Å². The lowest BCUT2D eigenvalue weighted by Gasteiger charge is -2.29. The number of rotatable bonds is 3. The molecule has 19 heavy (non-hydrogen) atoms. The lowest BCUT2D eigenvalue weighted by Crippen LogP contribution is -2.37. The van der Waals surface area contributed by atoms with Crippen molar-refractivity contribution in [2.75, 3.05) is 13.1 Å². The third-order valence-electron chi connectivity index (χ3n) is 3.44. The van der Waals surface area contributed by atoms with E-state index in [1.54, 1.807) is 0 Å². The number of aryl methyl sites for hydroxylation is 1. The molecule has 1 N–H and O–H groups in total. The van der Waals surface area contributed by atoms with Crippen molar-refractivity contribution in [1.29, 1.82) is 0 Å². The van der Waals surface area contributed by atoms with Crippen molar-refractivity contribution in [2.45, 2.75) is 31.6 Å². The van der Waals surface area contributed by atoms with E-state index in [-0.39, 0.29) is 16.4 Å². The fourth-order valence-electron chi connectivity index (χ4n) is 2.19. The predicted molar refractivity (Wildman–Crippen MR) is 67.6 cm³/mol. The van der Waals surface area contributed by atoms with E-state index in [2.05, 4.69) is 6.92 Å². The molecule has 1 fully saturated rings. The molecular weight excluding hydrogens is 270 g/mol. The van der Waals surface area contributed by atoms with Crippen LogP contribution in [0.4, 0.5) is 0 Å². The Bertz CT molecular complexity index is 581. The van der Waals surface area contributed by atoms with Crippen molar-refractivity contribution < 1.29 is 22.7 Å². The summed E-state index contributed by atoms with van der Waals surface area (Å²) in [4.78, 5) is 10.8. The van der Waals surface area contributed by atoms with Gasteiger partial charge in [-0.3, -0.25) is 0 Å². The molecule has 0 bridgehead atoms. The molecule has 0 atom stereocenters. The van der Waals surface area contributed by atoms with Gasteiger partial charge in [0.25, 0.3) is 0 Å². The van der Waals surface area contributed by atoms with Gasteiger partial charge >= 0.3 is 5.97 Å². The summed E-state index contributed by atoms with van der Waals surface area (Å²) in [7, 11) is -3.65. The zero-order chi connectivity index (χ0) is 14.2. The Hall–Kier alpha value is -1.34. The van der Waals surface area contributed by atoms with Crippen molar-refractivity contribution in [2.24, 2.45) is 5.92 Å². The molecule has 1 aromatic heterocycles. The van der Waals surface area contributed by atoms with Crippen molar-refractivity contribution >= 4 is 16.0 Å². The first-order valence-electron chi connectivity index (χ1n) is 6.16. The van der Waals surface area contributed by atoms with E-state index in [9.17, 15) is 13.2 Å². The minimum absolute atomic E-state index is 0.0422. The van der Waals surface area contributed by atoms with E-state index in [1.807, 2.05) is 0 Å². The highest BCUT2D eigenvalue weighted by Gasteiger charge is 2.32. The van der Waals surface area contributed by atoms with Crippen LogP contribution in [0.15, 0.2) is 15.4 Å². The average molecular weight is 287 g/mol. The molecule has 0 unspecified atom stereocenters. The minimum Gasteiger partial charge on any atom is -0.475 e. The smallest absolute Gasteiger partial charge is 0.371 e.